The zero-order valence-corrected chi connectivity index (χ0v) is 11.2. The molecular weight excluding hydrogens is 266 g/mol. The van der Waals surface area contributed by atoms with Gasteiger partial charge in [-0.15, -0.1) is 0 Å². The average molecular weight is 281 g/mol. The molecular formula is C11H15N5O2S. The van der Waals surface area contributed by atoms with Gasteiger partial charge in [0.2, 0.25) is 10.0 Å². The molecule has 0 amide bonds. The molecule has 4 N–H and O–H groups in total. The molecule has 0 radical (unpaired) electrons. The van der Waals surface area contributed by atoms with E-state index in [1.807, 2.05) is 0 Å². The summed E-state index contributed by atoms with van der Waals surface area (Å²) in [5, 5.41) is 0. The third-order valence-corrected chi connectivity index (χ3v) is 3.90. The van der Waals surface area contributed by atoms with Gasteiger partial charge in [-0.25, -0.2) is 23.1 Å². The van der Waals surface area contributed by atoms with Crippen molar-refractivity contribution in [2.45, 2.75) is 24.9 Å². The van der Waals surface area contributed by atoms with Gasteiger partial charge in [-0.1, -0.05) is 0 Å². The molecule has 8 heteroatoms. The first kappa shape index (κ1) is 13.7. The van der Waals surface area contributed by atoms with Gasteiger partial charge in [0.25, 0.3) is 0 Å². The van der Waals surface area contributed by atoms with Crippen molar-refractivity contribution in [1.29, 1.82) is 0 Å². The molecule has 2 aromatic heterocycles. The SMILES string of the molecule is Cc1nccc(CNS(=O)(=O)c2c[nH]c(CN)c2)n1. The van der Waals surface area contributed by atoms with Crippen molar-refractivity contribution in [3.05, 3.63) is 41.7 Å². The first-order valence-electron chi connectivity index (χ1n) is 5.67. The molecule has 19 heavy (non-hydrogen) atoms. The molecule has 2 aromatic rings. The van der Waals surface area contributed by atoms with Gasteiger partial charge >= 0.3 is 0 Å². The maximum Gasteiger partial charge on any atom is 0.242 e. The minimum atomic E-state index is -3.56. The Labute approximate surface area is 111 Å². The molecule has 0 unspecified atom stereocenters. The summed E-state index contributed by atoms with van der Waals surface area (Å²) in [6.07, 6.45) is 3.00. The Kier molecular flexibility index (Phi) is 3.93. The van der Waals surface area contributed by atoms with Crippen molar-refractivity contribution >= 4 is 10.0 Å². The van der Waals surface area contributed by atoms with Crippen LogP contribution in [0.2, 0.25) is 0 Å². The third-order valence-electron chi connectivity index (χ3n) is 2.52. The van der Waals surface area contributed by atoms with Gasteiger partial charge in [-0.2, -0.15) is 0 Å². The van der Waals surface area contributed by atoms with Crippen molar-refractivity contribution in [2.24, 2.45) is 5.73 Å². The van der Waals surface area contributed by atoms with Crippen LogP contribution in [0.25, 0.3) is 0 Å². The molecule has 0 aromatic carbocycles. The standard InChI is InChI=1S/C11H15N5O2S/c1-8-13-3-2-9(16-8)6-15-19(17,18)11-4-10(5-12)14-7-11/h2-4,7,14-15H,5-6,12H2,1H3. The van der Waals surface area contributed by atoms with Gasteiger partial charge in [0, 0.05) is 24.6 Å². The molecule has 0 bridgehead atoms. The molecule has 0 saturated carbocycles. The van der Waals surface area contributed by atoms with Crippen molar-refractivity contribution in [1.82, 2.24) is 19.7 Å². The normalized spacial score (nSPS) is 11.7. The van der Waals surface area contributed by atoms with E-state index in [2.05, 4.69) is 19.7 Å². The van der Waals surface area contributed by atoms with Crippen LogP contribution in [-0.4, -0.2) is 23.4 Å². The number of aryl methyl sites for hydroxylation is 1. The lowest BCUT2D eigenvalue weighted by molar-refractivity contribution is 0.580. The highest BCUT2D eigenvalue weighted by Gasteiger charge is 2.15. The van der Waals surface area contributed by atoms with Gasteiger partial charge in [0.05, 0.1) is 17.1 Å². The Hall–Kier alpha value is -1.77. The highest BCUT2D eigenvalue weighted by atomic mass is 32.2. The fraction of sp³-hybridized carbons (Fsp3) is 0.273. The van der Waals surface area contributed by atoms with Crippen LogP contribution in [0.3, 0.4) is 0 Å². The largest absolute Gasteiger partial charge is 0.363 e. The van der Waals surface area contributed by atoms with Crippen molar-refractivity contribution in [3.8, 4) is 0 Å². The lowest BCUT2D eigenvalue weighted by Gasteiger charge is -2.04. The van der Waals surface area contributed by atoms with Crippen LogP contribution in [0, 0.1) is 6.92 Å². The van der Waals surface area contributed by atoms with E-state index in [4.69, 9.17) is 5.73 Å². The van der Waals surface area contributed by atoms with E-state index >= 15 is 0 Å². The monoisotopic (exact) mass is 281 g/mol. The number of H-pyrrole nitrogens is 1. The maximum absolute atomic E-state index is 12.0. The van der Waals surface area contributed by atoms with Crippen molar-refractivity contribution in [2.75, 3.05) is 0 Å². The second kappa shape index (κ2) is 5.47. The van der Waals surface area contributed by atoms with E-state index in [-0.39, 0.29) is 18.0 Å². The predicted octanol–water partition coefficient (Wildman–Crippen LogP) is 0.0503. The van der Waals surface area contributed by atoms with Crippen LogP contribution in [0.15, 0.2) is 29.4 Å². The zero-order chi connectivity index (χ0) is 13.9. The lowest BCUT2D eigenvalue weighted by Crippen LogP contribution is -2.23. The fourth-order valence-electron chi connectivity index (χ4n) is 1.55. The van der Waals surface area contributed by atoms with Gasteiger partial charge in [0.1, 0.15) is 5.82 Å². The van der Waals surface area contributed by atoms with Crippen LogP contribution in [0.1, 0.15) is 17.2 Å². The number of hydrogen-bond acceptors (Lipinski definition) is 5. The highest BCUT2D eigenvalue weighted by molar-refractivity contribution is 7.89. The number of sulfonamides is 1. The Morgan fingerprint density at radius 2 is 2.26 bits per heavy atom. The minimum Gasteiger partial charge on any atom is -0.363 e. The Bertz CT molecular complexity index is 665. The molecule has 102 valence electrons. The molecule has 0 aliphatic heterocycles. The summed E-state index contributed by atoms with van der Waals surface area (Å²) in [6, 6.07) is 3.17. The van der Waals surface area contributed by atoms with Crippen LogP contribution < -0.4 is 10.5 Å². The molecule has 0 saturated heterocycles. The quantitative estimate of drug-likeness (QED) is 0.716. The summed E-state index contributed by atoms with van der Waals surface area (Å²) in [5.74, 6) is 0.601. The van der Waals surface area contributed by atoms with E-state index in [0.717, 1.165) is 0 Å². The second-order valence-electron chi connectivity index (χ2n) is 3.98. The summed E-state index contributed by atoms with van der Waals surface area (Å²) in [7, 11) is -3.56. The zero-order valence-electron chi connectivity index (χ0n) is 10.4. The van der Waals surface area contributed by atoms with E-state index in [9.17, 15) is 8.42 Å². The molecule has 0 spiro atoms. The van der Waals surface area contributed by atoms with E-state index < -0.39 is 10.0 Å². The van der Waals surface area contributed by atoms with Crippen LogP contribution >= 0.6 is 0 Å². The Morgan fingerprint density at radius 3 is 2.89 bits per heavy atom. The van der Waals surface area contributed by atoms with Crippen LogP contribution in [-0.2, 0) is 23.1 Å². The molecule has 0 atom stereocenters. The average Bonchev–Trinajstić information content (AvgIpc) is 2.86. The number of nitrogens with one attached hydrogen (secondary N) is 2. The summed E-state index contributed by atoms with van der Waals surface area (Å²) in [4.78, 5) is 11.0. The molecule has 7 nitrogen and oxygen atoms in total. The molecule has 2 heterocycles. The maximum atomic E-state index is 12.0. The van der Waals surface area contributed by atoms with Gasteiger partial charge in [-0.05, 0) is 19.1 Å². The lowest BCUT2D eigenvalue weighted by atomic mass is 10.4. The van der Waals surface area contributed by atoms with Gasteiger partial charge in [-0.3, -0.25) is 0 Å². The molecule has 2 rings (SSSR count). The van der Waals surface area contributed by atoms with Gasteiger partial charge in [0.15, 0.2) is 0 Å². The third kappa shape index (κ3) is 3.37. The first-order valence-corrected chi connectivity index (χ1v) is 7.15. The number of nitrogens with zero attached hydrogens (tertiary/aromatic N) is 2. The molecule has 0 aliphatic carbocycles. The topological polar surface area (TPSA) is 114 Å². The van der Waals surface area contributed by atoms with Gasteiger partial charge < -0.3 is 10.7 Å². The fourth-order valence-corrected chi connectivity index (χ4v) is 2.56. The summed E-state index contributed by atoms with van der Waals surface area (Å²) in [6.45, 7) is 2.13. The highest BCUT2D eigenvalue weighted by Crippen LogP contribution is 2.10. The molecule has 0 fully saturated rings. The summed E-state index contributed by atoms with van der Waals surface area (Å²) in [5.41, 5.74) is 6.71. The predicted molar refractivity (Wildman–Crippen MR) is 69.5 cm³/mol. The summed E-state index contributed by atoms with van der Waals surface area (Å²) >= 11 is 0. The molecule has 0 aliphatic rings. The van der Waals surface area contributed by atoms with Crippen LogP contribution in [0.5, 0.6) is 0 Å². The Morgan fingerprint density at radius 1 is 1.47 bits per heavy atom. The number of aromatic nitrogens is 3. The van der Waals surface area contributed by atoms with E-state index in [1.54, 1.807) is 19.2 Å². The van der Waals surface area contributed by atoms with E-state index in [0.29, 0.717) is 17.2 Å². The minimum absolute atomic E-state index is 0.120. The number of nitrogens with two attached hydrogens (primary N) is 1. The van der Waals surface area contributed by atoms with Crippen molar-refractivity contribution in [3.63, 3.8) is 0 Å². The summed E-state index contributed by atoms with van der Waals surface area (Å²) < 4.78 is 26.5. The van der Waals surface area contributed by atoms with Crippen LogP contribution in [0.4, 0.5) is 0 Å². The smallest absolute Gasteiger partial charge is 0.242 e. The second-order valence-corrected chi connectivity index (χ2v) is 5.75. The Balaban J connectivity index is 2.09. The van der Waals surface area contributed by atoms with Crippen molar-refractivity contribution < 1.29 is 8.42 Å². The number of hydrogen-bond donors (Lipinski definition) is 3. The number of aromatic amines is 1. The number of rotatable bonds is 5. The van der Waals surface area contributed by atoms with E-state index in [1.165, 1.54) is 12.3 Å². The first-order chi connectivity index (χ1) is 9.01.